The van der Waals surface area contributed by atoms with E-state index in [1.54, 1.807) is 10.7 Å². The summed E-state index contributed by atoms with van der Waals surface area (Å²) in [5, 5.41) is 16.8. The minimum atomic E-state index is 0.0364. The number of para-hydroxylation sites is 1. The highest BCUT2D eigenvalue weighted by Gasteiger charge is 2.14. The number of benzene rings is 1. The summed E-state index contributed by atoms with van der Waals surface area (Å²) in [5.41, 5.74) is 8.53. The highest BCUT2D eigenvalue weighted by molar-refractivity contribution is 6.31. The topological polar surface area (TPSA) is 76.4 Å². The van der Waals surface area contributed by atoms with Gasteiger partial charge in [0.15, 0.2) is 5.84 Å². The van der Waals surface area contributed by atoms with E-state index in [2.05, 4.69) is 10.3 Å². The van der Waals surface area contributed by atoms with E-state index in [1.165, 1.54) is 0 Å². The van der Waals surface area contributed by atoms with Crippen molar-refractivity contribution < 1.29 is 5.21 Å². The minimum absolute atomic E-state index is 0.0364. The van der Waals surface area contributed by atoms with E-state index in [1.807, 2.05) is 32.0 Å². The lowest BCUT2D eigenvalue weighted by Crippen LogP contribution is -2.17. The van der Waals surface area contributed by atoms with Crippen LogP contribution >= 0.6 is 11.6 Å². The number of hydrogen-bond donors (Lipinski definition) is 2. The average molecular weight is 265 g/mol. The Morgan fingerprint density at radius 1 is 1.39 bits per heavy atom. The zero-order chi connectivity index (χ0) is 13.3. The van der Waals surface area contributed by atoms with Gasteiger partial charge in [-0.25, -0.2) is 4.68 Å². The molecule has 6 heteroatoms. The van der Waals surface area contributed by atoms with Crippen LogP contribution in [-0.4, -0.2) is 20.8 Å². The molecule has 2 aromatic rings. The largest absolute Gasteiger partial charge is 0.409 e. The second-order valence-electron chi connectivity index (χ2n) is 3.90. The quantitative estimate of drug-likeness (QED) is 0.378. The molecule has 0 spiro atoms. The number of rotatable bonds is 2. The number of oxime groups is 1. The summed E-state index contributed by atoms with van der Waals surface area (Å²) in [6.45, 7) is 3.70. The van der Waals surface area contributed by atoms with Gasteiger partial charge in [-0.1, -0.05) is 28.9 Å². The van der Waals surface area contributed by atoms with Crippen molar-refractivity contribution in [3.05, 3.63) is 46.2 Å². The zero-order valence-corrected chi connectivity index (χ0v) is 10.8. The molecule has 2 rings (SSSR count). The lowest BCUT2D eigenvalue weighted by Gasteiger charge is -2.09. The first-order valence-electron chi connectivity index (χ1n) is 5.35. The van der Waals surface area contributed by atoms with Crippen LogP contribution in [0, 0.1) is 13.8 Å². The van der Waals surface area contributed by atoms with Crippen molar-refractivity contribution in [2.45, 2.75) is 13.8 Å². The molecule has 0 atom stereocenters. The van der Waals surface area contributed by atoms with Crippen LogP contribution in [0.1, 0.15) is 17.0 Å². The monoisotopic (exact) mass is 264 g/mol. The van der Waals surface area contributed by atoms with Gasteiger partial charge in [0.1, 0.15) is 0 Å². The Bertz CT molecular complexity index is 619. The van der Waals surface area contributed by atoms with Crippen LogP contribution < -0.4 is 5.73 Å². The second kappa shape index (κ2) is 4.70. The molecule has 18 heavy (non-hydrogen) atoms. The van der Waals surface area contributed by atoms with Crippen LogP contribution in [0.4, 0.5) is 0 Å². The Hall–Kier alpha value is -2.01. The molecule has 0 saturated carbocycles. The maximum atomic E-state index is 8.80. The number of nitrogens with zero attached hydrogens (tertiary/aromatic N) is 3. The van der Waals surface area contributed by atoms with Crippen LogP contribution in [0.5, 0.6) is 0 Å². The molecular formula is C12H13ClN4O. The summed E-state index contributed by atoms with van der Waals surface area (Å²) in [7, 11) is 0. The van der Waals surface area contributed by atoms with Crippen molar-refractivity contribution in [1.29, 1.82) is 0 Å². The maximum Gasteiger partial charge on any atom is 0.172 e. The van der Waals surface area contributed by atoms with Gasteiger partial charge < -0.3 is 10.9 Å². The van der Waals surface area contributed by atoms with Gasteiger partial charge >= 0.3 is 0 Å². The Labute approximate surface area is 109 Å². The molecule has 0 bridgehead atoms. The van der Waals surface area contributed by atoms with Gasteiger partial charge in [0.25, 0.3) is 0 Å². The first-order chi connectivity index (χ1) is 8.56. The van der Waals surface area contributed by atoms with E-state index < -0.39 is 0 Å². The Kier molecular flexibility index (Phi) is 3.25. The van der Waals surface area contributed by atoms with Crippen molar-refractivity contribution in [3.63, 3.8) is 0 Å². The molecule has 3 N–H and O–H groups in total. The molecule has 0 saturated heterocycles. The van der Waals surface area contributed by atoms with Crippen LogP contribution in [-0.2, 0) is 0 Å². The molecule has 0 radical (unpaired) electrons. The summed E-state index contributed by atoms with van der Waals surface area (Å²) >= 11 is 6.12. The van der Waals surface area contributed by atoms with Crippen LogP contribution in [0.3, 0.4) is 0 Å². The predicted octanol–water partition coefficient (Wildman–Crippen LogP) is 2.24. The number of hydrogen-bond acceptors (Lipinski definition) is 3. The van der Waals surface area contributed by atoms with Crippen LogP contribution in [0.2, 0.25) is 5.02 Å². The lowest BCUT2D eigenvalue weighted by atomic mass is 10.1. The van der Waals surface area contributed by atoms with E-state index in [-0.39, 0.29) is 5.84 Å². The van der Waals surface area contributed by atoms with Crippen molar-refractivity contribution in [2.75, 3.05) is 0 Å². The number of aromatic nitrogens is 2. The number of aryl methyl sites for hydroxylation is 1. The Balaban J connectivity index is 2.68. The fourth-order valence-electron chi connectivity index (χ4n) is 1.79. The molecule has 1 heterocycles. The summed E-state index contributed by atoms with van der Waals surface area (Å²) in [6, 6.07) is 7.26. The Morgan fingerprint density at radius 3 is 2.61 bits per heavy atom. The van der Waals surface area contributed by atoms with E-state index in [0.717, 1.165) is 17.1 Å². The average Bonchev–Trinajstić information content (AvgIpc) is 2.65. The molecule has 94 valence electrons. The third kappa shape index (κ3) is 1.93. The summed E-state index contributed by atoms with van der Waals surface area (Å²) in [4.78, 5) is 0. The van der Waals surface area contributed by atoms with Crippen molar-refractivity contribution in [3.8, 4) is 5.69 Å². The molecule has 0 aliphatic heterocycles. The van der Waals surface area contributed by atoms with Crippen molar-refractivity contribution >= 4 is 17.4 Å². The van der Waals surface area contributed by atoms with Gasteiger partial charge in [0.05, 0.1) is 22.1 Å². The van der Waals surface area contributed by atoms with Crippen molar-refractivity contribution in [1.82, 2.24) is 9.78 Å². The van der Waals surface area contributed by atoms with Crippen molar-refractivity contribution in [2.24, 2.45) is 10.9 Å². The number of amidine groups is 1. The molecule has 5 nitrogen and oxygen atoms in total. The highest BCUT2D eigenvalue weighted by atomic mass is 35.5. The molecule has 0 aliphatic carbocycles. The van der Waals surface area contributed by atoms with E-state index in [9.17, 15) is 0 Å². The normalized spacial score (nSPS) is 11.8. The molecule has 0 aliphatic rings. The minimum Gasteiger partial charge on any atom is -0.409 e. The van der Waals surface area contributed by atoms with E-state index >= 15 is 0 Å². The third-order valence-corrected chi connectivity index (χ3v) is 3.27. The molecule has 0 fully saturated rings. The van der Waals surface area contributed by atoms with Gasteiger partial charge in [-0.05, 0) is 26.0 Å². The fourth-order valence-corrected chi connectivity index (χ4v) is 1.90. The van der Waals surface area contributed by atoms with Gasteiger partial charge in [0, 0.05) is 5.56 Å². The summed E-state index contributed by atoms with van der Waals surface area (Å²) in [6.07, 6.45) is 0. The number of nitrogens with two attached hydrogens (primary N) is 1. The first kappa shape index (κ1) is 12.4. The molecule has 1 aromatic heterocycles. The van der Waals surface area contributed by atoms with E-state index in [0.29, 0.717) is 10.6 Å². The van der Waals surface area contributed by atoms with E-state index in [4.69, 9.17) is 22.5 Å². The van der Waals surface area contributed by atoms with Gasteiger partial charge in [-0.15, -0.1) is 0 Å². The highest BCUT2D eigenvalue weighted by Crippen LogP contribution is 2.24. The molecule has 0 unspecified atom stereocenters. The third-order valence-electron chi connectivity index (χ3n) is 2.72. The summed E-state index contributed by atoms with van der Waals surface area (Å²) < 4.78 is 1.69. The fraction of sp³-hybridized carbons (Fsp3) is 0.167. The van der Waals surface area contributed by atoms with Crippen LogP contribution in [0.15, 0.2) is 29.4 Å². The predicted molar refractivity (Wildman–Crippen MR) is 70.6 cm³/mol. The SMILES string of the molecule is Cc1nn(-c2ccccc2C(N)=NO)c(C)c1Cl. The maximum absolute atomic E-state index is 8.80. The molecule has 1 aromatic carbocycles. The Morgan fingerprint density at radius 2 is 2.06 bits per heavy atom. The second-order valence-corrected chi connectivity index (χ2v) is 4.28. The van der Waals surface area contributed by atoms with Gasteiger partial charge in [0.2, 0.25) is 0 Å². The molecule has 0 amide bonds. The lowest BCUT2D eigenvalue weighted by molar-refractivity contribution is 0.318. The van der Waals surface area contributed by atoms with Gasteiger partial charge in [-0.3, -0.25) is 0 Å². The number of halogens is 1. The van der Waals surface area contributed by atoms with Crippen LogP contribution in [0.25, 0.3) is 5.69 Å². The van der Waals surface area contributed by atoms with Gasteiger partial charge in [-0.2, -0.15) is 5.10 Å². The first-order valence-corrected chi connectivity index (χ1v) is 5.73. The smallest absolute Gasteiger partial charge is 0.172 e. The summed E-state index contributed by atoms with van der Waals surface area (Å²) in [5.74, 6) is 0.0364. The molecular weight excluding hydrogens is 252 g/mol. The zero-order valence-electron chi connectivity index (χ0n) is 10.1. The standard InChI is InChI=1S/C12H13ClN4O/c1-7-11(13)8(2)17(15-7)10-6-4-3-5-9(10)12(14)16-18/h3-6,18H,1-2H3,(H2,14,16).